The van der Waals surface area contributed by atoms with Crippen molar-refractivity contribution in [1.29, 1.82) is 0 Å². The number of nitrogens with zero attached hydrogens (tertiary/aromatic N) is 2. The molecular formula is C38H31BN2. The summed E-state index contributed by atoms with van der Waals surface area (Å²) in [6, 6.07) is 49.1. The summed E-state index contributed by atoms with van der Waals surface area (Å²) in [5.74, 6) is 0. The topological polar surface area (TPSA) is 6.48 Å². The van der Waals surface area contributed by atoms with Crippen LogP contribution in [-0.4, -0.2) is 6.85 Å². The highest BCUT2D eigenvalue weighted by Gasteiger charge is 2.45. The first-order valence-corrected chi connectivity index (χ1v) is 14.5. The van der Waals surface area contributed by atoms with Crippen LogP contribution in [0.25, 0.3) is 21.9 Å². The van der Waals surface area contributed by atoms with Crippen molar-refractivity contribution in [2.75, 3.05) is 9.71 Å². The number of hydrogen-bond acceptors (Lipinski definition) is 2. The summed E-state index contributed by atoms with van der Waals surface area (Å²) in [5.41, 5.74) is 12.8. The lowest BCUT2D eigenvalue weighted by Crippen LogP contribution is -2.61. The van der Waals surface area contributed by atoms with Gasteiger partial charge in [-0.3, -0.25) is 0 Å². The molecule has 2 nitrogen and oxygen atoms in total. The van der Waals surface area contributed by atoms with Gasteiger partial charge in [0.1, 0.15) is 0 Å². The molecule has 6 aromatic rings. The molecule has 196 valence electrons. The standard InChI is InChI=1S/C38H31BN2/c1-38(2,3)31-24-26-14-7-8-15-27(26)25-36(31)41-33-21-11-9-18-29(33)30-19-13-23-35-37(30)39(41)32-20-10-12-22-34(32)40(35)28-16-5-4-6-17-28/h4-25H,1-3H3. The Morgan fingerprint density at radius 1 is 0.512 bits per heavy atom. The second-order valence-electron chi connectivity index (χ2n) is 12.2. The Kier molecular flexibility index (Phi) is 5.21. The highest BCUT2D eigenvalue weighted by atomic mass is 15.2. The minimum atomic E-state index is -0.0433. The molecule has 8 rings (SSSR count). The Bertz CT molecular complexity index is 1950. The van der Waals surface area contributed by atoms with E-state index in [1.807, 2.05) is 0 Å². The minimum Gasteiger partial charge on any atom is -0.376 e. The molecule has 2 aliphatic rings. The summed E-state index contributed by atoms with van der Waals surface area (Å²) in [6.45, 7) is 7.04. The molecule has 0 fully saturated rings. The van der Waals surface area contributed by atoms with Crippen molar-refractivity contribution in [3.05, 3.63) is 139 Å². The van der Waals surface area contributed by atoms with Crippen LogP contribution in [0.1, 0.15) is 26.3 Å². The molecule has 2 aliphatic heterocycles. The summed E-state index contributed by atoms with van der Waals surface area (Å²) >= 11 is 0. The number of anilines is 5. The third-order valence-corrected chi connectivity index (χ3v) is 8.73. The van der Waals surface area contributed by atoms with Crippen LogP contribution in [0.5, 0.6) is 0 Å². The fourth-order valence-corrected chi connectivity index (χ4v) is 6.95. The predicted molar refractivity (Wildman–Crippen MR) is 176 cm³/mol. The van der Waals surface area contributed by atoms with Gasteiger partial charge in [0.15, 0.2) is 0 Å². The second-order valence-corrected chi connectivity index (χ2v) is 12.2. The number of rotatable bonds is 2. The van der Waals surface area contributed by atoms with E-state index >= 15 is 0 Å². The average Bonchev–Trinajstić information content (AvgIpc) is 3.00. The van der Waals surface area contributed by atoms with Gasteiger partial charge in [-0.25, -0.2) is 0 Å². The van der Waals surface area contributed by atoms with Gasteiger partial charge in [0, 0.05) is 34.0 Å². The van der Waals surface area contributed by atoms with E-state index in [9.17, 15) is 0 Å². The van der Waals surface area contributed by atoms with Gasteiger partial charge in [-0.15, -0.1) is 0 Å². The van der Waals surface area contributed by atoms with E-state index in [0.29, 0.717) is 0 Å². The van der Waals surface area contributed by atoms with Crippen LogP contribution in [0.3, 0.4) is 0 Å². The number of benzene rings is 6. The lowest BCUT2D eigenvalue weighted by Gasteiger charge is -2.46. The molecule has 3 heteroatoms. The summed E-state index contributed by atoms with van der Waals surface area (Å²) < 4.78 is 0. The molecule has 0 aromatic heterocycles. The summed E-state index contributed by atoms with van der Waals surface area (Å²) in [6.07, 6.45) is 0. The van der Waals surface area contributed by atoms with Crippen molar-refractivity contribution in [3.8, 4) is 11.1 Å². The van der Waals surface area contributed by atoms with Gasteiger partial charge in [-0.05, 0) is 80.7 Å². The first-order chi connectivity index (χ1) is 20.0. The maximum absolute atomic E-state index is 2.63. The van der Waals surface area contributed by atoms with Gasteiger partial charge < -0.3 is 9.71 Å². The number of hydrogen-bond donors (Lipinski definition) is 0. The quantitative estimate of drug-likeness (QED) is 0.208. The van der Waals surface area contributed by atoms with E-state index in [2.05, 4.69) is 164 Å². The van der Waals surface area contributed by atoms with Crippen molar-refractivity contribution in [1.82, 2.24) is 0 Å². The van der Waals surface area contributed by atoms with E-state index in [0.717, 1.165) is 0 Å². The van der Waals surface area contributed by atoms with Gasteiger partial charge in [0.25, 0.3) is 0 Å². The third-order valence-electron chi connectivity index (χ3n) is 8.73. The van der Waals surface area contributed by atoms with E-state index in [1.165, 1.54) is 66.8 Å². The van der Waals surface area contributed by atoms with Crippen molar-refractivity contribution in [3.63, 3.8) is 0 Å². The maximum Gasteiger partial charge on any atom is 0.333 e. The Morgan fingerprint density at radius 2 is 1.12 bits per heavy atom. The van der Waals surface area contributed by atoms with E-state index in [4.69, 9.17) is 0 Å². The highest BCUT2D eigenvalue weighted by Crippen LogP contribution is 2.48. The molecule has 6 aromatic carbocycles. The zero-order valence-electron chi connectivity index (χ0n) is 23.7. The van der Waals surface area contributed by atoms with Gasteiger partial charge >= 0.3 is 6.85 Å². The second kappa shape index (κ2) is 8.87. The van der Waals surface area contributed by atoms with E-state index in [1.54, 1.807) is 0 Å². The smallest absolute Gasteiger partial charge is 0.333 e. The zero-order chi connectivity index (χ0) is 27.7. The monoisotopic (exact) mass is 526 g/mol. The molecule has 0 unspecified atom stereocenters. The molecule has 0 aliphatic carbocycles. The normalized spacial score (nSPS) is 13.6. The molecule has 0 saturated heterocycles. The lowest BCUT2D eigenvalue weighted by molar-refractivity contribution is 0.592. The van der Waals surface area contributed by atoms with Crippen LogP contribution in [-0.2, 0) is 5.41 Å². The highest BCUT2D eigenvalue weighted by molar-refractivity contribution is 6.93. The number of fused-ring (bicyclic) bond motifs is 5. The number of para-hydroxylation sites is 3. The molecule has 0 atom stereocenters. The summed E-state index contributed by atoms with van der Waals surface area (Å²) in [5, 5.41) is 2.55. The molecule has 0 amide bonds. The van der Waals surface area contributed by atoms with Crippen LogP contribution >= 0.6 is 0 Å². The van der Waals surface area contributed by atoms with Gasteiger partial charge in [0.05, 0.1) is 0 Å². The first-order valence-electron chi connectivity index (χ1n) is 14.5. The molecule has 0 bridgehead atoms. The molecule has 0 saturated carbocycles. The van der Waals surface area contributed by atoms with Gasteiger partial charge in [-0.1, -0.05) is 112 Å². The SMILES string of the molecule is CC(C)(C)c1cc2ccccc2cc1N1B2c3ccccc3N(c3ccccc3)c3cccc(c32)-c2ccccc21. The Hall–Kier alpha value is -4.76. The summed E-state index contributed by atoms with van der Waals surface area (Å²) in [7, 11) is 0. The van der Waals surface area contributed by atoms with Crippen molar-refractivity contribution < 1.29 is 0 Å². The minimum absolute atomic E-state index is 0.0366. The molecule has 0 spiro atoms. The Labute approximate surface area is 242 Å². The maximum atomic E-state index is 2.63. The van der Waals surface area contributed by atoms with Crippen LogP contribution in [0.15, 0.2) is 133 Å². The van der Waals surface area contributed by atoms with Crippen molar-refractivity contribution in [2.45, 2.75) is 26.2 Å². The zero-order valence-corrected chi connectivity index (χ0v) is 23.7. The molecule has 41 heavy (non-hydrogen) atoms. The first kappa shape index (κ1) is 24.1. The Balaban J connectivity index is 1.49. The third kappa shape index (κ3) is 3.58. The molecule has 0 radical (unpaired) electrons. The summed E-state index contributed by atoms with van der Waals surface area (Å²) in [4.78, 5) is 5.08. The predicted octanol–water partition coefficient (Wildman–Crippen LogP) is 8.84. The van der Waals surface area contributed by atoms with Crippen LogP contribution in [0.2, 0.25) is 0 Å². The van der Waals surface area contributed by atoms with Gasteiger partial charge in [-0.2, -0.15) is 0 Å². The van der Waals surface area contributed by atoms with Crippen LogP contribution < -0.4 is 20.6 Å². The van der Waals surface area contributed by atoms with Crippen molar-refractivity contribution in [2.24, 2.45) is 0 Å². The average molecular weight is 526 g/mol. The van der Waals surface area contributed by atoms with Gasteiger partial charge in [0.2, 0.25) is 0 Å². The van der Waals surface area contributed by atoms with E-state index < -0.39 is 0 Å². The molecular weight excluding hydrogens is 495 g/mol. The Morgan fingerprint density at radius 3 is 1.90 bits per heavy atom. The van der Waals surface area contributed by atoms with Crippen LogP contribution in [0, 0.1) is 0 Å². The molecule has 2 heterocycles. The largest absolute Gasteiger partial charge is 0.376 e. The lowest BCUT2D eigenvalue weighted by atomic mass is 9.43. The van der Waals surface area contributed by atoms with Crippen LogP contribution in [0.4, 0.5) is 28.4 Å². The molecule has 0 N–H and O–H groups in total. The van der Waals surface area contributed by atoms with E-state index in [-0.39, 0.29) is 12.3 Å². The fourth-order valence-electron chi connectivity index (χ4n) is 6.95. The fraction of sp³-hybridized carbons (Fsp3) is 0.105. The van der Waals surface area contributed by atoms with Crippen molar-refractivity contribution >= 4 is 57.0 Å².